The molecule has 1 N–H and O–H groups in total. The Balaban J connectivity index is 1.53. The standard InChI is InChI=1S/C17H18Cl2N2O2/c18-12-3-6-15(19)16(10-12)20-17(22)7-8-21(13-4-5-13)11-14-2-1-9-23-14/h1-3,6,9-10,13H,4-5,7-8,11H2,(H,20,22). The Morgan fingerprint density at radius 3 is 2.83 bits per heavy atom. The molecule has 4 nitrogen and oxygen atoms in total. The molecule has 6 heteroatoms. The van der Waals surface area contributed by atoms with Gasteiger partial charge in [-0.2, -0.15) is 0 Å². The maximum Gasteiger partial charge on any atom is 0.225 e. The summed E-state index contributed by atoms with van der Waals surface area (Å²) in [7, 11) is 0. The van der Waals surface area contributed by atoms with Crippen molar-refractivity contribution in [2.45, 2.75) is 31.8 Å². The molecule has 0 radical (unpaired) electrons. The van der Waals surface area contributed by atoms with E-state index < -0.39 is 0 Å². The first-order valence-corrected chi connectivity index (χ1v) is 8.39. The first-order chi connectivity index (χ1) is 11.1. The molecule has 0 bridgehead atoms. The minimum absolute atomic E-state index is 0.0701. The molecule has 0 aliphatic heterocycles. The summed E-state index contributed by atoms with van der Waals surface area (Å²) in [5.41, 5.74) is 0.549. The van der Waals surface area contributed by atoms with E-state index in [1.807, 2.05) is 12.1 Å². The Morgan fingerprint density at radius 1 is 1.30 bits per heavy atom. The number of nitrogens with one attached hydrogen (secondary N) is 1. The first kappa shape index (κ1) is 16.4. The Hall–Kier alpha value is -1.49. The van der Waals surface area contributed by atoms with Crippen molar-refractivity contribution >= 4 is 34.8 Å². The number of furan rings is 1. The average Bonchev–Trinajstić information content (AvgIpc) is 3.24. The van der Waals surface area contributed by atoms with E-state index >= 15 is 0 Å². The molecule has 1 amide bonds. The Bertz CT molecular complexity index is 669. The molecule has 3 rings (SSSR count). The molecule has 2 aromatic rings. The summed E-state index contributed by atoms with van der Waals surface area (Å²) in [6.45, 7) is 1.43. The lowest BCUT2D eigenvalue weighted by Gasteiger charge is -2.20. The molecule has 1 aromatic heterocycles. The summed E-state index contributed by atoms with van der Waals surface area (Å²) < 4.78 is 5.40. The Morgan fingerprint density at radius 2 is 2.13 bits per heavy atom. The number of amides is 1. The largest absolute Gasteiger partial charge is 0.468 e. The van der Waals surface area contributed by atoms with Gasteiger partial charge in [-0.15, -0.1) is 0 Å². The summed E-state index contributed by atoms with van der Waals surface area (Å²) in [6.07, 6.45) is 4.44. The van der Waals surface area contributed by atoms with Gasteiger partial charge in [-0.3, -0.25) is 9.69 Å². The molecule has 23 heavy (non-hydrogen) atoms. The SMILES string of the molecule is O=C(CCN(Cc1ccco1)C1CC1)Nc1cc(Cl)ccc1Cl. The normalized spacial score (nSPS) is 14.2. The van der Waals surface area contributed by atoms with Crippen molar-refractivity contribution in [2.24, 2.45) is 0 Å². The van der Waals surface area contributed by atoms with Crippen LogP contribution in [-0.2, 0) is 11.3 Å². The van der Waals surface area contributed by atoms with Crippen LogP contribution in [-0.4, -0.2) is 23.4 Å². The van der Waals surface area contributed by atoms with Gasteiger partial charge in [-0.1, -0.05) is 23.2 Å². The molecule has 1 aromatic carbocycles. The van der Waals surface area contributed by atoms with E-state index in [1.54, 1.807) is 24.5 Å². The minimum atomic E-state index is -0.0701. The Kier molecular flexibility index (Phi) is 5.26. The van der Waals surface area contributed by atoms with Crippen molar-refractivity contribution in [1.82, 2.24) is 4.90 Å². The van der Waals surface area contributed by atoms with E-state index in [1.165, 1.54) is 12.8 Å². The molecule has 1 aliphatic rings. The molecular formula is C17H18Cl2N2O2. The molecule has 122 valence electrons. The van der Waals surface area contributed by atoms with E-state index in [0.29, 0.717) is 34.7 Å². The van der Waals surface area contributed by atoms with E-state index in [-0.39, 0.29) is 5.91 Å². The van der Waals surface area contributed by atoms with Crippen LogP contribution in [0.3, 0.4) is 0 Å². The second-order valence-electron chi connectivity index (χ2n) is 5.70. The molecule has 0 unspecified atom stereocenters. The first-order valence-electron chi connectivity index (χ1n) is 7.63. The predicted molar refractivity (Wildman–Crippen MR) is 91.8 cm³/mol. The fraction of sp³-hybridized carbons (Fsp3) is 0.353. The number of benzene rings is 1. The Labute approximate surface area is 145 Å². The second kappa shape index (κ2) is 7.39. The van der Waals surface area contributed by atoms with Crippen LogP contribution in [0.15, 0.2) is 41.0 Å². The van der Waals surface area contributed by atoms with Gasteiger partial charge >= 0.3 is 0 Å². The number of carbonyl (C=O) groups excluding carboxylic acids is 1. The number of carbonyl (C=O) groups is 1. The van der Waals surface area contributed by atoms with Gasteiger partial charge in [0.1, 0.15) is 5.76 Å². The fourth-order valence-electron chi connectivity index (χ4n) is 2.48. The molecule has 0 atom stereocenters. The summed E-state index contributed by atoms with van der Waals surface area (Å²) in [4.78, 5) is 14.5. The molecule has 1 saturated carbocycles. The number of hydrogen-bond donors (Lipinski definition) is 1. The highest BCUT2D eigenvalue weighted by atomic mass is 35.5. The van der Waals surface area contributed by atoms with Gasteiger partial charge in [0, 0.05) is 24.0 Å². The zero-order valence-corrected chi connectivity index (χ0v) is 14.1. The van der Waals surface area contributed by atoms with Crippen molar-refractivity contribution in [3.63, 3.8) is 0 Å². The molecule has 1 fully saturated rings. The fourth-order valence-corrected chi connectivity index (χ4v) is 2.82. The van der Waals surface area contributed by atoms with Gasteiger partial charge in [0.25, 0.3) is 0 Å². The monoisotopic (exact) mass is 352 g/mol. The van der Waals surface area contributed by atoms with E-state index in [4.69, 9.17) is 27.6 Å². The van der Waals surface area contributed by atoms with Gasteiger partial charge in [-0.05, 0) is 43.2 Å². The molecular weight excluding hydrogens is 335 g/mol. The van der Waals surface area contributed by atoms with Gasteiger partial charge in [0.05, 0.1) is 23.5 Å². The van der Waals surface area contributed by atoms with Crippen molar-refractivity contribution in [3.8, 4) is 0 Å². The van der Waals surface area contributed by atoms with Gasteiger partial charge in [0.15, 0.2) is 0 Å². The molecule has 1 aliphatic carbocycles. The van der Waals surface area contributed by atoms with Crippen LogP contribution in [0.4, 0.5) is 5.69 Å². The third-order valence-corrected chi connectivity index (χ3v) is 4.40. The highest BCUT2D eigenvalue weighted by molar-refractivity contribution is 6.35. The van der Waals surface area contributed by atoms with Crippen LogP contribution in [0.1, 0.15) is 25.0 Å². The minimum Gasteiger partial charge on any atom is -0.468 e. The quantitative estimate of drug-likeness (QED) is 0.793. The van der Waals surface area contributed by atoms with Crippen LogP contribution in [0.5, 0.6) is 0 Å². The highest BCUT2D eigenvalue weighted by Gasteiger charge is 2.29. The zero-order chi connectivity index (χ0) is 16.2. The van der Waals surface area contributed by atoms with E-state index in [2.05, 4.69) is 10.2 Å². The van der Waals surface area contributed by atoms with Crippen LogP contribution in [0.2, 0.25) is 10.0 Å². The van der Waals surface area contributed by atoms with Crippen LogP contribution in [0, 0.1) is 0 Å². The number of anilines is 1. The van der Waals surface area contributed by atoms with E-state index in [0.717, 1.165) is 12.3 Å². The maximum atomic E-state index is 12.2. The van der Waals surface area contributed by atoms with Crippen molar-refractivity contribution in [3.05, 3.63) is 52.4 Å². The third kappa shape index (κ3) is 4.74. The average molecular weight is 353 g/mol. The topological polar surface area (TPSA) is 45.5 Å². The number of halogens is 2. The number of nitrogens with zero attached hydrogens (tertiary/aromatic N) is 1. The third-order valence-electron chi connectivity index (χ3n) is 3.83. The summed E-state index contributed by atoms with van der Waals surface area (Å²) in [5, 5.41) is 3.85. The molecule has 1 heterocycles. The van der Waals surface area contributed by atoms with E-state index in [9.17, 15) is 4.79 Å². The lowest BCUT2D eigenvalue weighted by Crippen LogP contribution is -2.29. The number of rotatable bonds is 7. The van der Waals surface area contributed by atoms with Crippen LogP contribution in [0.25, 0.3) is 0 Å². The van der Waals surface area contributed by atoms with Crippen molar-refractivity contribution < 1.29 is 9.21 Å². The van der Waals surface area contributed by atoms with Gasteiger partial charge in [0.2, 0.25) is 5.91 Å². The lowest BCUT2D eigenvalue weighted by molar-refractivity contribution is -0.116. The number of hydrogen-bond acceptors (Lipinski definition) is 3. The van der Waals surface area contributed by atoms with Crippen molar-refractivity contribution in [1.29, 1.82) is 0 Å². The predicted octanol–water partition coefficient (Wildman–Crippen LogP) is 4.58. The molecule has 0 spiro atoms. The summed E-state index contributed by atoms with van der Waals surface area (Å²) in [5.74, 6) is 0.856. The highest BCUT2D eigenvalue weighted by Crippen LogP contribution is 2.29. The maximum absolute atomic E-state index is 12.2. The lowest BCUT2D eigenvalue weighted by atomic mass is 10.3. The summed E-state index contributed by atoms with van der Waals surface area (Å²) in [6, 6.07) is 9.42. The van der Waals surface area contributed by atoms with Gasteiger partial charge in [-0.25, -0.2) is 0 Å². The smallest absolute Gasteiger partial charge is 0.225 e. The van der Waals surface area contributed by atoms with Crippen molar-refractivity contribution in [2.75, 3.05) is 11.9 Å². The van der Waals surface area contributed by atoms with Crippen LogP contribution >= 0.6 is 23.2 Å². The second-order valence-corrected chi connectivity index (χ2v) is 6.55. The zero-order valence-electron chi connectivity index (χ0n) is 12.6. The summed E-state index contributed by atoms with van der Waals surface area (Å²) >= 11 is 12.0. The van der Waals surface area contributed by atoms with Crippen LogP contribution < -0.4 is 5.32 Å². The van der Waals surface area contributed by atoms with Gasteiger partial charge < -0.3 is 9.73 Å². The molecule has 0 saturated heterocycles.